The molecule has 3 aromatic rings. The van der Waals surface area contributed by atoms with Crippen LogP contribution in [-0.2, 0) is 6.18 Å². The number of benzene rings is 3. The van der Waals surface area contributed by atoms with Gasteiger partial charge in [0.05, 0.1) is 21.9 Å². The summed E-state index contributed by atoms with van der Waals surface area (Å²) in [5.41, 5.74) is 0.622. The van der Waals surface area contributed by atoms with Gasteiger partial charge >= 0.3 is 6.18 Å². The lowest BCUT2D eigenvalue weighted by molar-refractivity contribution is -0.384. The molecule has 4 rings (SSSR count). The standard InChI is InChI=1S/C24H21F3N4O3/c25-24(26,27)18-8-11-22(30-14-12-29(13-15-30)19-4-2-1-3-5-19)21(16-18)28-23(32)17-6-9-20(10-7-17)31(33)34/h1-11,16H,12-15H2,(H,28,32). The van der Waals surface area contributed by atoms with Crippen molar-refractivity contribution in [1.82, 2.24) is 0 Å². The molecule has 0 saturated carbocycles. The van der Waals surface area contributed by atoms with Crippen LogP contribution in [0.1, 0.15) is 15.9 Å². The normalized spacial score (nSPS) is 14.1. The number of rotatable bonds is 5. The van der Waals surface area contributed by atoms with E-state index >= 15 is 0 Å². The lowest BCUT2D eigenvalue weighted by Gasteiger charge is -2.38. The van der Waals surface area contributed by atoms with Crippen molar-refractivity contribution in [1.29, 1.82) is 0 Å². The van der Waals surface area contributed by atoms with E-state index < -0.39 is 22.6 Å². The van der Waals surface area contributed by atoms with E-state index in [1.54, 1.807) is 0 Å². The van der Waals surface area contributed by atoms with Crippen LogP contribution in [-0.4, -0.2) is 37.0 Å². The molecule has 10 heteroatoms. The molecule has 0 bridgehead atoms. The molecule has 0 aromatic heterocycles. The van der Waals surface area contributed by atoms with Crippen molar-refractivity contribution in [3.8, 4) is 0 Å². The lowest BCUT2D eigenvalue weighted by Crippen LogP contribution is -2.46. The number of nitro benzene ring substituents is 1. The first-order valence-corrected chi connectivity index (χ1v) is 10.5. The van der Waals surface area contributed by atoms with E-state index in [-0.39, 0.29) is 16.9 Å². The third kappa shape index (κ3) is 5.11. The maximum atomic E-state index is 13.4. The molecule has 7 nitrogen and oxygen atoms in total. The number of piperazine rings is 1. The summed E-state index contributed by atoms with van der Waals surface area (Å²) < 4.78 is 40.1. The molecule has 1 N–H and O–H groups in total. The summed E-state index contributed by atoms with van der Waals surface area (Å²) in [6.07, 6.45) is -4.57. The Morgan fingerprint density at radius 2 is 1.50 bits per heavy atom. The Kier molecular flexibility index (Phi) is 6.40. The molecule has 176 valence electrons. The predicted molar refractivity (Wildman–Crippen MR) is 123 cm³/mol. The summed E-state index contributed by atoms with van der Waals surface area (Å²) >= 11 is 0. The zero-order chi connectivity index (χ0) is 24.3. The number of alkyl halides is 3. The van der Waals surface area contributed by atoms with Crippen LogP contribution in [0.2, 0.25) is 0 Å². The molecule has 0 aliphatic carbocycles. The highest BCUT2D eigenvalue weighted by Crippen LogP contribution is 2.36. The van der Waals surface area contributed by atoms with Crippen molar-refractivity contribution in [3.05, 3.63) is 94.0 Å². The first-order chi connectivity index (χ1) is 16.2. The van der Waals surface area contributed by atoms with Crippen LogP contribution in [0.15, 0.2) is 72.8 Å². The van der Waals surface area contributed by atoms with Gasteiger partial charge in [0, 0.05) is 49.6 Å². The zero-order valence-corrected chi connectivity index (χ0v) is 18.0. The zero-order valence-electron chi connectivity index (χ0n) is 18.0. The number of nitro groups is 1. The van der Waals surface area contributed by atoms with E-state index in [0.29, 0.717) is 31.9 Å². The number of nitrogens with one attached hydrogen (secondary N) is 1. The van der Waals surface area contributed by atoms with E-state index in [2.05, 4.69) is 10.2 Å². The molecule has 1 aliphatic heterocycles. The summed E-state index contributed by atoms with van der Waals surface area (Å²) in [7, 11) is 0. The average Bonchev–Trinajstić information content (AvgIpc) is 2.84. The number of halogens is 3. The smallest absolute Gasteiger partial charge is 0.368 e. The molecule has 34 heavy (non-hydrogen) atoms. The highest BCUT2D eigenvalue weighted by atomic mass is 19.4. The lowest BCUT2D eigenvalue weighted by atomic mass is 10.1. The SMILES string of the molecule is O=C(Nc1cc(C(F)(F)F)ccc1N1CCN(c2ccccc2)CC1)c1ccc([N+](=O)[O-])cc1. The van der Waals surface area contributed by atoms with Gasteiger partial charge in [-0.3, -0.25) is 14.9 Å². The molecule has 0 radical (unpaired) electrons. The van der Waals surface area contributed by atoms with Crippen LogP contribution in [0.4, 0.5) is 35.9 Å². The maximum Gasteiger partial charge on any atom is 0.416 e. The number of nitrogens with zero attached hydrogens (tertiary/aromatic N) is 3. The number of hydrogen-bond donors (Lipinski definition) is 1. The second-order valence-corrected chi connectivity index (χ2v) is 7.80. The number of amides is 1. The molecule has 1 amide bonds. The minimum absolute atomic E-state index is 0.0336. The average molecular weight is 470 g/mol. The van der Waals surface area contributed by atoms with E-state index in [9.17, 15) is 28.1 Å². The number of para-hydroxylation sites is 1. The topological polar surface area (TPSA) is 78.7 Å². The first-order valence-electron chi connectivity index (χ1n) is 10.5. The van der Waals surface area contributed by atoms with Gasteiger partial charge in [0.1, 0.15) is 0 Å². The Hall–Kier alpha value is -4.08. The van der Waals surface area contributed by atoms with Crippen molar-refractivity contribution in [2.45, 2.75) is 6.18 Å². The highest BCUT2D eigenvalue weighted by Gasteiger charge is 2.32. The van der Waals surface area contributed by atoms with E-state index in [0.717, 1.165) is 17.8 Å². The van der Waals surface area contributed by atoms with Gasteiger partial charge in [0.2, 0.25) is 0 Å². The fraction of sp³-hybridized carbons (Fsp3) is 0.208. The summed E-state index contributed by atoms with van der Waals surface area (Å²) in [5, 5.41) is 13.4. The Morgan fingerprint density at radius 3 is 2.09 bits per heavy atom. The molecule has 1 saturated heterocycles. The van der Waals surface area contributed by atoms with Gasteiger partial charge in [0.25, 0.3) is 11.6 Å². The van der Waals surface area contributed by atoms with Gasteiger partial charge in [-0.05, 0) is 42.5 Å². The number of hydrogen-bond acceptors (Lipinski definition) is 5. The highest BCUT2D eigenvalue weighted by molar-refractivity contribution is 6.06. The number of carbonyl (C=O) groups excluding carboxylic acids is 1. The number of carbonyl (C=O) groups is 1. The summed E-state index contributed by atoms with van der Waals surface area (Å²) in [4.78, 5) is 27.1. The van der Waals surface area contributed by atoms with Gasteiger partial charge in [-0.25, -0.2) is 0 Å². The van der Waals surface area contributed by atoms with Crippen molar-refractivity contribution < 1.29 is 22.9 Å². The molecule has 1 fully saturated rings. The molecule has 0 atom stereocenters. The quantitative estimate of drug-likeness (QED) is 0.410. The fourth-order valence-corrected chi connectivity index (χ4v) is 3.86. The first kappa shape index (κ1) is 23.1. The van der Waals surface area contributed by atoms with Crippen LogP contribution in [0.5, 0.6) is 0 Å². The summed E-state index contributed by atoms with van der Waals surface area (Å²) in [6, 6.07) is 18.0. The largest absolute Gasteiger partial charge is 0.416 e. The monoisotopic (exact) mass is 470 g/mol. The second kappa shape index (κ2) is 9.42. The molecule has 3 aromatic carbocycles. The van der Waals surface area contributed by atoms with Crippen LogP contribution in [0, 0.1) is 10.1 Å². The minimum Gasteiger partial charge on any atom is -0.368 e. The van der Waals surface area contributed by atoms with Crippen molar-refractivity contribution in [3.63, 3.8) is 0 Å². The Morgan fingerprint density at radius 1 is 0.882 bits per heavy atom. The Balaban J connectivity index is 1.57. The number of anilines is 3. The van der Waals surface area contributed by atoms with Crippen LogP contribution >= 0.6 is 0 Å². The Bertz CT molecular complexity index is 1180. The van der Waals surface area contributed by atoms with Gasteiger partial charge in [-0.2, -0.15) is 13.2 Å². The Labute approximate surface area is 193 Å². The van der Waals surface area contributed by atoms with Gasteiger partial charge < -0.3 is 15.1 Å². The van der Waals surface area contributed by atoms with E-state index in [1.165, 1.54) is 30.3 Å². The third-order valence-corrected chi connectivity index (χ3v) is 5.65. The predicted octanol–water partition coefficient (Wildman–Crippen LogP) is 5.19. The maximum absolute atomic E-state index is 13.4. The van der Waals surface area contributed by atoms with Crippen LogP contribution < -0.4 is 15.1 Å². The molecule has 0 spiro atoms. The number of non-ortho nitro benzene ring substituents is 1. The van der Waals surface area contributed by atoms with E-state index in [1.807, 2.05) is 35.2 Å². The minimum atomic E-state index is -4.57. The fourth-order valence-electron chi connectivity index (χ4n) is 3.86. The van der Waals surface area contributed by atoms with Crippen LogP contribution in [0.3, 0.4) is 0 Å². The second-order valence-electron chi connectivity index (χ2n) is 7.80. The van der Waals surface area contributed by atoms with Crippen molar-refractivity contribution in [2.75, 3.05) is 41.3 Å². The molecule has 0 unspecified atom stereocenters. The molecular formula is C24H21F3N4O3. The van der Waals surface area contributed by atoms with Gasteiger partial charge in [0.15, 0.2) is 0 Å². The summed E-state index contributed by atoms with van der Waals surface area (Å²) in [5.74, 6) is -0.654. The molecule has 1 heterocycles. The summed E-state index contributed by atoms with van der Waals surface area (Å²) in [6.45, 7) is 2.45. The van der Waals surface area contributed by atoms with Gasteiger partial charge in [-0.15, -0.1) is 0 Å². The van der Waals surface area contributed by atoms with Gasteiger partial charge in [-0.1, -0.05) is 18.2 Å². The van der Waals surface area contributed by atoms with Crippen molar-refractivity contribution in [2.24, 2.45) is 0 Å². The van der Waals surface area contributed by atoms with Crippen molar-refractivity contribution >= 4 is 28.7 Å². The molecule has 1 aliphatic rings. The van der Waals surface area contributed by atoms with E-state index in [4.69, 9.17) is 0 Å². The van der Waals surface area contributed by atoms with Crippen LogP contribution in [0.25, 0.3) is 0 Å². The molecular weight excluding hydrogens is 449 g/mol. The third-order valence-electron chi connectivity index (χ3n) is 5.65.